The van der Waals surface area contributed by atoms with E-state index in [0.717, 1.165) is 22.3 Å². The van der Waals surface area contributed by atoms with Crippen LogP contribution in [-0.4, -0.2) is 45.1 Å². The van der Waals surface area contributed by atoms with Gasteiger partial charge in [-0.1, -0.05) is 60.7 Å². The molecule has 11 heteroatoms. The molecule has 1 saturated heterocycles. The topological polar surface area (TPSA) is 154 Å². The van der Waals surface area contributed by atoms with Crippen LogP contribution in [0.2, 0.25) is 0 Å². The first kappa shape index (κ1) is 32.2. The van der Waals surface area contributed by atoms with Crippen LogP contribution < -0.4 is 10.8 Å². The summed E-state index contributed by atoms with van der Waals surface area (Å²) >= 11 is 1.44. The molecule has 0 saturated carbocycles. The lowest BCUT2D eigenvalue weighted by molar-refractivity contribution is -0.245. The summed E-state index contributed by atoms with van der Waals surface area (Å²) in [5, 5.41) is 30.4. The van der Waals surface area contributed by atoms with Crippen molar-refractivity contribution >= 4 is 29.5 Å². The van der Waals surface area contributed by atoms with Gasteiger partial charge in [0.25, 0.3) is 0 Å². The number of hydrogen-bond donors (Lipinski definition) is 5. The molecular formula is C32H36N2O8S. The molecule has 10 nitrogen and oxygen atoms in total. The van der Waals surface area contributed by atoms with Crippen LogP contribution in [0.5, 0.6) is 0 Å². The maximum absolute atomic E-state index is 12.2. The predicted molar refractivity (Wildman–Crippen MR) is 159 cm³/mol. The summed E-state index contributed by atoms with van der Waals surface area (Å²) in [4.78, 5) is 35.6. The van der Waals surface area contributed by atoms with Gasteiger partial charge < -0.3 is 25.0 Å². The molecule has 0 spiro atoms. The van der Waals surface area contributed by atoms with Gasteiger partial charge in [0.2, 0.25) is 11.8 Å². The van der Waals surface area contributed by atoms with Crippen LogP contribution in [0.15, 0.2) is 77.7 Å². The van der Waals surface area contributed by atoms with Gasteiger partial charge in [0, 0.05) is 42.0 Å². The Kier molecular flexibility index (Phi) is 12.1. The highest BCUT2D eigenvalue weighted by Gasteiger charge is 2.32. The zero-order valence-electron chi connectivity index (χ0n) is 23.6. The molecule has 2 amide bonds. The third-order valence-electron chi connectivity index (χ3n) is 7.08. The van der Waals surface area contributed by atoms with Crippen molar-refractivity contribution in [2.75, 3.05) is 5.75 Å². The molecule has 3 aromatic rings. The van der Waals surface area contributed by atoms with Crippen molar-refractivity contribution in [1.82, 2.24) is 10.8 Å². The molecule has 1 fully saturated rings. The molecule has 3 atom stereocenters. The number of rotatable bonds is 14. The minimum atomic E-state index is -0.973. The number of benzene rings is 3. The number of thioether (sulfide) groups is 1. The summed E-state index contributed by atoms with van der Waals surface area (Å²) in [5.41, 5.74) is 5.32. The van der Waals surface area contributed by atoms with Crippen LogP contribution in [0.25, 0.3) is 0 Å². The second kappa shape index (κ2) is 16.2. The molecule has 1 heterocycles. The number of carboxylic acid groups (broad SMARTS) is 1. The zero-order valence-corrected chi connectivity index (χ0v) is 24.4. The molecule has 43 heavy (non-hydrogen) atoms. The number of nitrogens with one attached hydrogen (secondary N) is 2. The smallest absolute Gasteiger partial charge is 0.336 e. The molecule has 0 aliphatic carbocycles. The van der Waals surface area contributed by atoms with Crippen LogP contribution in [0, 0.1) is 0 Å². The van der Waals surface area contributed by atoms with Gasteiger partial charge in [-0.3, -0.25) is 14.8 Å². The highest BCUT2D eigenvalue weighted by molar-refractivity contribution is 7.99. The fraction of sp³-hybridized carbons (Fsp3) is 0.344. The zero-order chi connectivity index (χ0) is 30.6. The molecule has 5 N–H and O–H groups in total. The van der Waals surface area contributed by atoms with E-state index in [1.165, 1.54) is 11.8 Å². The summed E-state index contributed by atoms with van der Waals surface area (Å²) in [6.07, 6.45) is 0.930. The Balaban J connectivity index is 1.39. The maximum Gasteiger partial charge on any atom is 0.336 e. The molecule has 0 unspecified atom stereocenters. The quantitative estimate of drug-likeness (QED) is 0.0744. The Labute approximate surface area is 254 Å². The van der Waals surface area contributed by atoms with Crippen molar-refractivity contribution in [3.63, 3.8) is 0 Å². The average Bonchev–Trinajstić information content (AvgIpc) is 3.04. The molecule has 0 bridgehead atoms. The van der Waals surface area contributed by atoms with E-state index in [0.29, 0.717) is 36.5 Å². The van der Waals surface area contributed by atoms with Crippen molar-refractivity contribution in [3.8, 4) is 0 Å². The SMILES string of the molecule is O=C(CCCCC(=O)NCc1ccc([C@@H]2O[C@H](CSc3ccccc3C(=O)O)C[C@H](c3ccc(CO)cc3)O2)cc1)NO. The molecule has 1 aliphatic rings. The first-order valence-corrected chi connectivity index (χ1v) is 15.1. The molecule has 228 valence electrons. The number of carbonyl (C=O) groups excluding carboxylic acids is 2. The number of unbranched alkanes of at least 4 members (excludes halogenated alkanes) is 1. The predicted octanol–water partition coefficient (Wildman–Crippen LogP) is 4.90. The van der Waals surface area contributed by atoms with E-state index in [-0.39, 0.29) is 43.1 Å². The third-order valence-corrected chi connectivity index (χ3v) is 8.29. The summed E-state index contributed by atoms with van der Waals surface area (Å²) in [5.74, 6) is -1.03. The first-order valence-electron chi connectivity index (χ1n) is 14.1. The maximum atomic E-state index is 12.2. The van der Waals surface area contributed by atoms with E-state index < -0.39 is 18.2 Å². The second-order valence-electron chi connectivity index (χ2n) is 10.2. The van der Waals surface area contributed by atoms with Crippen LogP contribution in [0.3, 0.4) is 0 Å². The van der Waals surface area contributed by atoms with E-state index >= 15 is 0 Å². The van der Waals surface area contributed by atoms with E-state index in [2.05, 4.69) is 5.32 Å². The Bertz CT molecular complexity index is 1370. The van der Waals surface area contributed by atoms with Gasteiger partial charge in [0.15, 0.2) is 6.29 Å². The van der Waals surface area contributed by atoms with Gasteiger partial charge in [-0.2, -0.15) is 0 Å². The number of aliphatic hydroxyl groups excluding tert-OH is 1. The number of hydrogen-bond acceptors (Lipinski definition) is 8. The van der Waals surface area contributed by atoms with Crippen molar-refractivity contribution in [1.29, 1.82) is 0 Å². The normalized spacial score (nSPS) is 18.1. The van der Waals surface area contributed by atoms with E-state index in [4.69, 9.17) is 14.7 Å². The van der Waals surface area contributed by atoms with Crippen molar-refractivity contribution in [3.05, 3.63) is 101 Å². The Morgan fingerprint density at radius 2 is 1.49 bits per heavy atom. The van der Waals surface area contributed by atoms with Crippen LogP contribution >= 0.6 is 11.8 Å². The molecule has 0 aromatic heterocycles. The van der Waals surface area contributed by atoms with E-state index in [9.17, 15) is 24.6 Å². The molecule has 3 aromatic carbocycles. The van der Waals surface area contributed by atoms with Crippen molar-refractivity contribution in [2.45, 2.75) is 68.6 Å². The summed E-state index contributed by atoms with van der Waals surface area (Å²) in [6.45, 7) is 0.306. The number of ether oxygens (including phenoxy) is 2. The highest BCUT2D eigenvalue weighted by Crippen LogP contribution is 2.39. The Morgan fingerprint density at radius 3 is 2.16 bits per heavy atom. The van der Waals surface area contributed by atoms with Gasteiger partial charge in [0.1, 0.15) is 0 Å². The van der Waals surface area contributed by atoms with Gasteiger partial charge in [0.05, 0.1) is 24.4 Å². The lowest BCUT2D eigenvalue weighted by Gasteiger charge is -2.36. The standard InChI is InChI=1S/C32H36N2O8S/c35-19-22-11-13-23(14-12-22)27-17-25(20-43-28-6-2-1-5-26(28)31(38)39)41-32(42-27)24-15-9-21(10-16-24)18-33-29(36)7-3-4-8-30(37)34-40/h1-2,5-6,9-16,25,27,32,35,40H,3-4,7-8,17-20H2,(H,33,36)(H,34,37)(H,38,39)/t25-,27+,32+/m0/s1. The lowest BCUT2D eigenvalue weighted by atomic mass is 10.0. The highest BCUT2D eigenvalue weighted by atomic mass is 32.2. The van der Waals surface area contributed by atoms with Crippen LogP contribution in [0.1, 0.15) is 77.1 Å². The molecular weight excluding hydrogens is 572 g/mol. The minimum Gasteiger partial charge on any atom is -0.478 e. The Hall–Kier alpha value is -3.74. The number of carbonyl (C=O) groups is 3. The van der Waals surface area contributed by atoms with E-state index in [1.807, 2.05) is 54.6 Å². The second-order valence-corrected chi connectivity index (χ2v) is 11.3. The first-order chi connectivity index (χ1) is 20.9. The van der Waals surface area contributed by atoms with Gasteiger partial charge in [-0.05, 0) is 41.7 Å². The Morgan fingerprint density at radius 1 is 0.837 bits per heavy atom. The lowest BCUT2D eigenvalue weighted by Crippen LogP contribution is -2.31. The minimum absolute atomic E-state index is 0.0457. The van der Waals surface area contributed by atoms with E-state index in [1.54, 1.807) is 23.7 Å². The van der Waals surface area contributed by atoms with Gasteiger partial charge in [-0.25, -0.2) is 10.3 Å². The summed E-state index contributed by atoms with van der Waals surface area (Å²) < 4.78 is 12.8. The number of aromatic carboxylic acids is 1. The number of amides is 2. The number of hydroxylamine groups is 1. The van der Waals surface area contributed by atoms with Crippen molar-refractivity contribution in [2.24, 2.45) is 0 Å². The number of carboxylic acids is 1. The fourth-order valence-corrected chi connectivity index (χ4v) is 5.75. The van der Waals surface area contributed by atoms with Gasteiger partial charge in [-0.15, -0.1) is 11.8 Å². The number of aliphatic hydroxyl groups is 1. The van der Waals surface area contributed by atoms with Crippen LogP contribution in [-0.2, 0) is 32.2 Å². The third kappa shape index (κ3) is 9.63. The molecule has 1 aliphatic heterocycles. The van der Waals surface area contributed by atoms with Gasteiger partial charge >= 0.3 is 5.97 Å². The molecule has 4 rings (SSSR count). The van der Waals surface area contributed by atoms with Crippen molar-refractivity contribution < 1.29 is 39.3 Å². The molecule has 0 radical (unpaired) electrons. The van der Waals surface area contributed by atoms with Crippen LogP contribution in [0.4, 0.5) is 0 Å². The summed E-state index contributed by atoms with van der Waals surface area (Å²) in [7, 11) is 0. The average molecular weight is 609 g/mol. The fourth-order valence-electron chi connectivity index (χ4n) is 4.68. The largest absolute Gasteiger partial charge is 0.478 e. The monoisotopic (exact) mass is 608 g/mol. The summed E-state index contributed by atoms with van der Waals surface area (Å²) in [6, 6.07) is 22.1.